The minimum absolute atomic E-state index is 0.106. The number of methoxy groups -OCH3 is 1. The Morgan fingerprint density at radius 1 is 1.08 bits per heavy atom. The molecule has 2 aromatic carbocycles. The van der Waals surface area contributed by atoms with E-state index in [4.69, 9.17) is 9.47 Å². The molecule has 0 saturated carbocycles. The highest BCUT2D eigenvalue weighted by Gasteiger charge is 2.09. The zero-order valence-electron chi connectivity index (χ0n) is 13.9. The molecule has 0 aliphatic rings. The van der Waals surface area contributed by atoms with Gasteiger partial charge in [0.2, 0.25) is 5.91 Å². The third-order valence-electron chi connectivity index (χ3n) is 3.15. The Morgan fingerprint density at radius 2 is 1.88 bits per heavy atom. The lowest BCUT2D eigenvalue weighted by Gasteiger charge is -2.12. The highest BCUT2D eigenvalue weighted by atomic mass is 16.5. The van der Waals surface area contributed by atoms with E-state index < -0.39 is 0 Å². The Bertz CT molecular complexity index is 744. The summed E-state index contributed by atoms with van der Waals surface area (Å²) < 4.78 is 10.6. The van der Waals surface area contributed by atoms with E-state index in [1.54, 1.807) is 24.3 Å². The average molecular weight is 328 g/mol. The third-order valence-corrected chi connectivity index (χ3v) is 3.15. The summed E-state index contributed by atoms with van der Waals surface area (Å²) in [6, 6.07) is 12.5. The van der Waals surface area contributed by atoms with Crippen molar-refractivity contribution in [2.75, 3.05) is 24.4 Å². The second kappa shape index (κ2) is 8.01. The first-order valence-electron chi connectivity index (χ1n) is 7.43. The number of anilines is 2. The Morgan fingerprint density at radius 3 is 2.54 bits per heavy atom. The number of hydrogen-bond donors (Lipinski definition) is 2. The first-order chi connectivity index (χ1) is 11.5. The van der Waals surface area contributed by atoms with Crippen LogP contribution in [-0.4, -0.2) is 25.5 Å². The predicted octanol–water partition coefficient (Wildman–Crippen LogP) is 2.98. The van der Waals surface area contributed by atoms with Gasteiger partial charge in [0.05, 0.1) is 12.8 Å². The molecule has 0 heterocycles. The zero-order chi connectivity index (χ0) is 17.5. The van der Waals surface area contributed by atoms with Crippen molar-refractivity contribution in [2.45, 2.75) is 13.8 Å². The molecule has 24 heavy (non-hydrogen) atoms. The number of hydrogen-bond acceptors (Lipinski definition) is 4. The largest absolute Gasteiger partial charge is 0.495 e. The highest BCUT2D eigenvalue weighted by Crippen LogP contribution is 2.27. The lowest BCUT2D eigenvalue weighted by molar-refractivity contribution is -0.118. The van der Waals surface area contributed by atoms with Gasteiger partial charge in [0.1, 0.15) is 11.5 Å². The molecule has 0 bridgehead atoms. The van der Waals surface area contributed by atoms with Gasteiger partial charge >= 0.3 is 0 Å². The van der Waals surface area contributed by atoms with Crippen molar-refractivity contribution in [2.24, 2.45) is 0 Å². The summed E-state index contributed by atoms with van der Waals surface area (Å²) >= 11 is 0. The van der Waals surface area contributed by atoms with Crippen LogP contribution in [0.5, 0.6) is 11.5 Å². The number of amides is 2. The first kappa shape index (κ1) is 17.3. The summed E-state index contributed by atoms with van der Waals surface area (Å²) in [4.78, 5) is 23.2. The van der Waals surface area contributed by atoms with Crippen molar-refractivity contribution < 1.29 is 19.1 Å². The zero-order valence-corrected chi connectivity index (χ0v) is 13.9. The number of carbonyl (C=O) groups is 2. The lowest BCUT2D eigenvalue weighted by Crippen LogP contribution is -2.20. The second-order valence-corrected chi connectivity index (χ2v) is 5.25. The van der Waals surface area contributed by atoms with Gasteiger partial charge in [-0.2, -0.15) is 0 Å². The first-order valence-corrected chi connectivity index (χ1v) is 7.43. The van der Waals surface area contributed by atoms with Crippen molar-refractivity contribution in [1.82, 2.24) is 0 Å². The van der Waals surface area contributed by atoms with Gasteiger partial charge in [-0.25, -0.2) is 0 Å². The topological polar surface area (TPSA) is 76.7 Å². The van der Waals surface area contributed by atoms with Crippen LogP contribution < -0.4 is 20.1 Å². The maximum Gasteiger partial charge on any atom is 0.262 e. The minimum atomic E-state index is -0.296. The van der Waals surface area contributed by atoms with Crippen molar-refractivity contribution in [3.63, 3.8) is 0 Å². The van der Waals surface area contributed by atoms with Crippen LogP contribution in [0.1, 0.15) is 12.5 Å². The van der Waals surface area contributed by atoms with E-state index >= 15 is 0 Å². The van der Waals surface area contributed by atoms with Crippen LogP contribution in [0.15, 0.2) is 42.5 Å². The average Bonchev–Trinajstić information content (AvgIpc) is 2.53. The summed E-state index contributed by atoms with van der Waals surface area (Å²) in [6.45, 7) is 3.25. The molecule has 0 aromatic heterocycles. The van der Waals surface area contributed by atoms with E-state index in [-0.39, 0.29) is 18.4 Å². The fourth-order valence-corrected chi connectivity index (χ4v) is 2.12. The van der Waals surface area contributed by atoms with Crippen LogP contribution >= 0.6 is 0 Å². The summed E-state index contributed by atoms with van der Waals surface area (Å²) in [7, 11) is 1.51. The number of aryl methyl sites for hydroxylation is 1. The summed E-state index contributed by atoms with van der Waals surface area (Å²) in [5, 5.41) is 5.38. The van der Waals surface area contributed by atoms with Crippen molar-refractivity contribution in [1.29, 1.82) is 0 Å². The second-order valence-electron chi connectivity index (χ2n) is 5.25. The normalized spacial score (nSPS) is 9.96. The Hall–Kier alpha value is -3.02. The van der Waals surface area contributed by atoms with Crippen molar-refractivity contribution in [3.05, 3.63) is 48.0 Å². The van der Waals surface area contributed by atoms with Crippen LogP contribution in [0.4, 0.5) is 11.4 Å². The molecule has 0 unspecified atom stereocenters. The maximum absolute atomic E-state index is 12.0. The van der Waals surface area contributed by atoms with Crippen molar-refractivity contribution >= 4 is 23.2 Å². The van der Waals surface area contributed by atoms with Gasteiger partial charge in [-0.3, -0.25) is 9.59 Å². The summed E-state index contributed by atoms with van der Waals surface area (Å²) in [5.41, 5.74) is 2.09. The number of carbonyl (C=O) groups excluding carboxylic acids is 2. The molecule has 6 heteroatoms. The standard InChI is InChI=1S/C18H20N2O4/c1-12-5-4-6-15(9-12)24-11-18(22)20-14-7-8-17(23-3)16(10-14)19-13(2)21/h4-10H,11H2,1-3H3,(H,19,21)(H,20,22). The molecule has 2 amide bonds. The molecule has 0 fully saturated rings. The fourth-order valence-electron chi connectivity index (χ4n) is 2.12. The van der Waals surface area contributed by atoms with Gasteiger partial charge in [0.25, 0.3) is 5.91 Å². The molecule has 0 atom stereocenters. The van der Waals surface area contributed by atoms with Gasteiger partial charge in [0.15, 0.2) is 6.61 Å². The third kappa shape index (κ3) is 5.01. The smallest absolute Gasteiger partial charge is 0.262 e. The van der Waals surface area contributed by atoms with E-state index in [2.05, 4.69) is 10.6 Å². The van der Waals surface area contributed by atoms with Gasteiger partial charge in [0, 0.05) is 12.6 Å². The molecule has 0 radical (unpaired) electrons. The van der Waals surface area contributed by atoms with Crippen LogP contribution in [-0.2, 0) is 9.59 Å². The molecular weight excluding hydrogens is 308 g/mol. The predicted molar refractivity (Wildman–Crippen MR) is 92.6 cm³/mol. The Labute approximate surface area is 140 Å². The van der Waals surface area contributed by atoms with E-state index in [1.165, 1.54) is 14.0 Å². The molecule has 0 aliphatic heterocycles. The molecule has 2 rings (SSSR count). The highest BCUT2D eigenvalue weighted by molar-refractivity contribution is 5.95. The van der Waals surface area contributed by atoms with Crippen LogP contribution in [0.25, 0.3) is 0 Å². The van der Waals surface area contributed by atoms with Gasteiger partial charge in [-0.15, -0.1) is 0 Å². The lowest BCUT2D eigenvalue weighted by atomic mass is 10.2. The van der Waals surface area contributed by atoms with E-state index in [9.17, 15) is 9.59 Å². The van der Waals surface area contributed by atoms with E-state index in [0.717, 1.165) is 5.56 Å². The monoisotopic (exact) mass is 328 g/mol. The summed E-state index contributed by atoms with van der Waals surface area (Å²) in [5.74, 6) is 0.632. The quantitative estimate of drug-likeness (QED) is 0.855. The van der Waals surface area contributed by atoms with Gasteiger partial charge in [-0.05, 0) is 42.8 Å². The van der Waals surface area contributed by atoms with Gasteiger partial charge < -0.3 is 20.1 Å². The van der Waals surface area contributed by atoms with Crippen molar-refractivity contribution in [3.8, 4) is 11.5 Å². The van der Waals surface area contributed by atoms with Crippen LogP contribution in [0, 0.1) is 6.92 Å². The molecule has 0 spiro atoms. The van der Waals surface area contributed by atoms with Crippen LogP contribution in [0.3, 0.4) is 0 Å². The fraction of sp³-hybridized carbons (Fsp3) is 0.222. The van der Waals surface area contributed by atoms with Crippen LogP contribution in [0.2, 0.25) is 0 Å². The molecule has 0 saturated heterocycles. The number of ether oxygens (including phenoxy) is 2. The van der Waals surface area contributed by atoms with Gasteiger partial charge in [-0.1, -0.05) is 12.1 Å². The molecule has 6 nitrogen and oxygen atoms in total. The molecule has 126 valence electrons. The molecule has 2 aromatic rings. The number of rotatable bonds is 6. The molecular formula is C18H20N2O4. The summed E-state index contributed by atoms with van der Waals surface area (Å²) in [6.07, 6.45) is 0. The van der Waals surface area contributed by atoms with E-state index in [1.807, 2.05) is 25.1 Å². The minimum Gasteiger partial charge on any atom is -0.495 e. The molecule has 2 N–H and O–H groups in total. The SMILES string of the molecule is COc1ccc(NC(=O)COc2cccc(C)c2)cc1NC(C)=O. The Kier molecular flexibility index (Phi) is 5.78. The molecule has 0 aliphatic carbocycles. The number of nitrogens with one attached hydrogen (secondary N) is 2. The maximum atomic E-state index is 12.0. The number of benzene rings is 2. The Balaban J connectivity index is 1.99. The van der Waals surface area contributed by atoms with E-state index in [0.29, 0.717) is 22.9 Å².